The van der Waals surface area contributed by atoms with Gasteiger partial charge in [0.1, 0.15) is 5.82 Å². The van der Waals surface area contributed by atoms with Gasteiger partial charge in [-0.05, 0) is 17.7 Å². The molecule has 72 valence electrons. The Balaban J connectivity index is 2.15. The highest BCUT2D eigenvalue weighted by Crippen LogP contribution is 2.10. The van der Waals surface area contributed by atoms with Gasteiger partial charge in [-0.25, -0.2) is 4.39 Å². The van der Waals surface area contributed by atoms with Crippen LogP contribution in [0, 0.1) is 5.82 Å². The third-order valence-electron chi connectivity index (χ3n) is 1.72. The zero-order valence-corrected chi connectivity index (χ0v) is 8.04. The van der Waals surface area contributed by atoms with Gasteiger partial charge in [-0.3, -0.25) is 0 Å². The van der Waals surface area contributed by atoms with Crippen molar-refractivity contribution in [3.8, 4) is 0 Å². The molecule has 0 amide bonds. The molecule has 14 heavy (non-hydrogen) atoms. The minimum atomic E-state index is -0.255. The number of thiol groups is 1. The van der Waals surface area contributed by atoms with E-state index in [9.17, 15) is 4.39 Å². The van der Waals surface area contributed by atoms with Crippen LogP contribution in [0.4, 0.5) is 4.39 Å². The first-order chi connectivity index (χ1) is 6.74. The smallest absolute Gasteiger partial charge is 0.273 e. The summed E-state index contributed by atoms with van der Waals surface area (Å²) < 4.78 is 17.6. The van der Waals surface area contributed by atoms with Crippen LogP contribution in [0.2, 0.25) is 0 Å². The van der Waals surface area contributed by atoms with Gasteiger partial charge in [-0.15, -0.1) is 10.2 Å². The second kappa shape index (κ2) is 3.79. The second-order valence-corrected chi connectivity index (χ2v) is 3.16. The third-order valence-corrected chi connectivity index (χ3v) is 1.91. The molecule has 0 unspecified atom stereocenters. The van der Waals surface area contributed by atoms with Crippen molar-refractivity contribution in [2.45, 2.75) is 11.6 Å². The van der Waals surface area contributed by atoms with Gasteiger partial charge in [0.2, 0.25) is 5.89 Å². The molecule has 0 atom stereocenters. The van der Waals surface area contributed by atoms with Crippen molar-refractivity contribution < 1.29 is 8.81 Å². The van der Waals surface area contributed by atoms with Crippen molar-refractivity contribution in [3.63, 3.8) is 0 Å². The highest BCUT2D eigenvalue weighted by molar-refractivity contribution is 7.80. The van der Waals surface area contributed by atoms with Crippen LogP contribution in [0.3, 0.4) is 0 Å². The molecule has 1 aromatic carbocycles. The molecule has 0 spiro atoms. The van der Waals surface area contributed by atoms with E-state index in [4.69, 9.17) is 4.42 Å². The monoisotopic (exact) mass is 210 g/mol. The van der Waals surface area contributed by atoms with Crippen LogP contribution in [0.15, 0.2) is 33.9 Å². The molecule has 0 saturated heterocycles. The number of hydrogen-bond donors (Lipinski definition) is 1. The first-order valence-corrected chi connectivity index (χ1v) is 4.44. The minimum absolute atomic E-state index is 0.238. The fourth-order valence-electron chi connectivity index (χ4n) is 1.09. The van der Waals surface area contributed by atoms with E-state index in [2.05, 4.69) is 22.8 Å². The molecule has 2 rings (SSSR count). The van der Waals surface area contributed by atoms with Crippen LogP contribution in [0.1, 0.15) is 11.5 Å². The van der Waals surface area contributed by atoms with Crippen LogP contribution in [0.5, 0.6) is 0 Å². The molecular weight excluding hydrogens is 203 g/mol. The van der Waals surface area contributed by atoms with Crippen LogP contribution in [0.25, 0.3) is 0 Å². The lowest BCUT2D eigenvalue weighted by Crippen LogP contribution is -1.88. The van der Waals surface area contributed by atoms with Gasteiger partial charge in [0.15, 0.2) is 0 Å². The van der Waals surface area contributed by atoms with Crippen molar-refractivity contribution >= 4 is 12.6 Å². The Morgan fingerprint density at radius 1 is 1.21 bits per heavy atom. The maximum absolute atomic E-state index is 12.6. The topological polar surface area (TPSA) is 38.9 Å². The lowest BCUT2D eigenvalue weighted by atomic mass is 10.1. The summed E-state index contributed by atoms with van der Waals surface area (Å²) in [7, 11) is 0. The Morgan fingerprint density at radius 2 is 1.93 bits per heavy atom. The van der Waals surface area contributed by atoms with Gasteiger partial charge in [-0.2, -0.15) is 0 Å². The van der Waals surface area contributed by atoms with Crippen molar-refractivity contribution in [2.75, 3.05) is 0 Å². The summed E-state index contributed by atoms with van der Waals surface area (Å²) in [5, 5.41) is 7.59. The molecule has 0 radical (unpaired) electrons. The molecule has 0 aliphatic carbocycles. The first-order valence-electron chi connectivity index (χ1n) is 4.00. The van der Waals surface area contributed by atoms with Gasteiger partial charge < -0.3 is 4.42 Å². The van der Waals surface area contributed by atoms with E-state index in [0.717, 1.165) is 5.56 Å². The van der Waals surface area contributed by atoms with Gasteiger partial charge in [-0.1, -0.05) is 24.8 Å². The van der Waals surface area contributed by atoms with E-state index in [1.165, 1.54) is 12.1 Å². The summed E-state index contributed by atoms with van der Waals surface area (Å²) in [4.78, 5) is 0. The van der Waals surface area contributed by atoms with Crippen LogP contribution >= 0.6 is 12.6 Å². The van der Waals surface area contributed by atoms with E-state index in [-0.39, 0.29) is 11.0 Å². The fourth-order valence-corrected chi connectivity index (χ4v) is 1.24. The zero-order valence-electron chi connectivity index (χ0n) is 7.14. The molecule has 0 aliphatic heterocycles. The van der Waals surface area contributed by atoms with Crippen molar-refractivity contribution in [3.05, 3.63) is 41.5 Å². The number of hydrogen-bond acceptors (Lipinski definition) is 4. The molecule has 1 heterocycles. The second-order valence-electron chi connectivity index (χ2n) is 2.78. The van der Waals surface area contributed by atoms with E-state index < -0.39 is 0 Å². The third kappa shape index (κ3) is 2.11. The van der Waals surface area contributed by atoms with Gasteiger partial charge in [0.05, 0.1) is 6.42 Å². The number of rotatable bonds is 2. The molecule has 5 heteroatoms. The summed E-state index contributed by atoms with van der Waals surface area (Å²) >= 11 is 3.89. The van der Waals surface area contributed by atoms with Crippen LogP contribution < -0.4 is 0 Å². The summed E-state index contributed by atoms with van der Waals surface area (Å²) in [6, 6.07) is 6.15. The van der Waals surface area contributed by atoms with E-state index in [1.807, 2.05) is 0 Å². The van der Waals surface area contributed by atoms with Gasteiger partial charge >= 0.3 is 0 Å². The molecule has 0 bridgehead atoms. The zero-order chi connectivity index (χ0) is 9.97. The molecular formula is C9H7FN2OS. The van der Waals surface area contributed by atoms with Crippen LogP contribution in [-0.4, -0.2) is 10.2 Å². The average Bonchev–Trinajstić information content (AvgIpc) is 2.56. The summed E-state index contributed by atoms with van der Waals surface area (Å²) in [5.41, 5.74) is 0.920. The molecule has 0 aliphatic rings. The quantitative estimate of drug-likeness (QED) is 0.771. The molecule has 2 aromatic rings. The predicted octanol–water partition coefficient (Wildman–Crippen LogP) is 2.09. The largest absolute Gasteiger partial charge is 0.416 e. The minimum Gasteiger partial charge on any atom is -0.416 e. The van der Waals surface area contributed by atoms with E-state index >= 15 is 0 Å². The molecule has 1 aromatic heterocycles. The van der Waals surface area contributed by atoms with Gasteiger partial charge in [0, 0.05) is 0 Å². The highest BCUT2D eigenvalue weighted by Gasteiger charge is 2.03. The number of benzene rings is 1. The predicted molar refractivity (Wildman–Crippen MR) is 50.8 cm³/mol. The van der Waals surface area contributed by atoms with Gasteiger partial charge in [0.25, 0.3) is 5.22 Å². The average molecular weight is 210 g/mol. The first kappa shape index (κ1) is 9.21. The van der Waals surface area contributed by atoms with Crippen molar-refractivity contribution in [1.82, 2.24) is 10.2 Å². The molecule has 0 N–H and O–H groups in total. The lowest BCUT2D eigenvalue weighted by molar-refractivity contribution is 0.422. The normalized spacial score (nSPS) is 10.4. The number of nitrogens with zero attached hydrogens (tertiary/aromatic N) is 2. The maximum Gasteiger partial charge on any atom is 0.273 e. The molecule has 3 nitrogen and oxygen atoms in total. The Hall–Kier alpha value is -1.36. The Bertz CT molecular complexity index is 427. The molecule has 0 saturated carbocycles. The SMILES string of the molecule is Fc1ccc(Cc2nnc(S)o2)cc1. The summed E-state index contributed by atoms with van der Waals surface area (Å²) in [5.74, 6) is 0.218. The Labute approximate surface area is 85.4 Å². The molecule has 0 fully saturated rings. The summed E-state index contributed by atoms with van der Waals surface area (Å²) in [6.45, 7) is 0. The standard InChI is InChI=1S/C9H7FN2OS/c10-7-3-1-6(2-4-7)5-8-11-12-9(14)13-8/h1-4H,5H2,(H,12,14). The fraction of sp³-hybridized carbons (Fsp3) is 0.111. The van der Waals surface area contributed by atoms with Crippen molar-refractivity contribution in [2.24, 2.45) is 0 Å². The highest BCUT2D eigenvalue weighted by atomic mass is 32.1. The van der Waals surface area contributed by atoms with E-state index in [1.54, 1.807) is 12.1 Å². The van der Waals surface area contributed by atoms with E-state index in [0.29, 0.717) is 12.3 Å². The Kier molecular flexibility index (Phi) is 2.49. The maximum atomic E-state index is 12.6. The van der Waals surface area contributed by atoms with Crippen molar-refractivity contribution in [1.29, 1.82) is 0 Å². The lowest BCUT2D eigenvalue weighted by Gasteiger charge is -1.95. The number of aromatic nitrogens is 2. The number of halogens is 1. The summed E-state index contributed by atoms with van der Waals surface area (Å²) in [6.07, 6.45) is 0.494. The Morgan fingerprint density at radius 3 is 2.50 bits per heavy atom. The van der Waals surface area contributed by atoms with Crippen LogP contribution in [-0.2, 0) is 6.42 Å².